The maximum atomic E-state index is 12.2. The van der Waals surface area contributed by atoms with Crippen molar-refractivity contribution in [3.05, 3.63) is 71.3 Å². The largest absolute Gasteiger partial charge is 0.293 e. The maximum absolute atomic E-state index is 12.2. The summed E-state index contributed by atoms with van der Waals surface area (Å²) >= 11 is 1.31. The highest BCUT2D eigenvalue weighted by Crippen LogP contribution is 2.25. The minimum atomic E-state index is 0.0327. The highest BCUT2D eigenvalue weighted by atomic mass is 32.2. The van der Waals surface area contributed by atoms with Gasteiger partial charge in [-0.05, 0) is 25.1 Å². The zero-order chi connectivity index (χ0) is 16.2. The van der Waals surface area contributed by atoms with E-state index in [1.807, 2.05) is 49.4 Å². The molecule has 0 bridgehead atoms. The third kappa shape index (κ3) is 3.41. The van der Waals surface area contributed by atoms with E-state index in [0.717, 1.165) is 16.5 Å². The second-order valence-electron chi connectivity index (χ2n) is 5.23. The molecule has 1 heterocycles. The Morgan fingerprint density at radius 1 is 1.17 bits per heavy atom. The number of Topliss-reactive ketones (excluding diaryl/α,β-unsaturated/α-hetero) is 1. The monoisotopic (exact) mass is 318 g/mol. The number of aromatic nitrogens is 1. The minimum absolute atomic E-state index is 0.0327. The number of benzene rings is 2. The van der Waals surface area contributed by atoms with E-state index in [1.54, 1.807) is 12.1 Å². The number of hydrogen-bond acceptors (Lipinski definition) is 4. The summed E-state index contributed by atoms with van der Waals surface area (Å²) in [4.78, 5) is 16.7. The third-order valence-corrected chi connectivity index (χ3v) is 4.48. The summed E-state index contributed by atoms with van der Waals surface area (Å²) in [5.74, 6) is 0.300. The van der Waals surface area contributed by atoms with E-state index in [4.69, 9.17) is 0 Å². The van der Waals surface area contributed by atoms with E-state index in [1.165, 1.54) is 11.8 Å². The molecule has 0 radical (unpaired) electrons. The van der Waals surface area contributed by atoms with Gasteiger partial charge in [-0.3, -0.25) is 4.79 Å². The molecule has 0 amide bonds. The van der Waals surface area contributed by atoms with Gasteiger partial charge in [-0.1, -0.05) is 53.7 Å². The first kappa shape index (κ1) is 15.3. The molecular formula is C19H14N2OS. The van der Waals surface area contributed by atoms with Gasteiger partial charge in [0.25, 0.3) is 0 Å². The molecule has 0 unspecified atom stereocenters. The third-order valence-electron chi connectivity index (χ3n) is 3.49. The van der Waals surface area contributed by atoms with Gasteiger partial charge in [0.05, 0.1) is 16.8 Å². The van der Waals surface area contributed by atoms with Crippen molar-refractivity contribution in [2.75, 3.05) is 5.75 Å². The van der Waals surface area contributed by atoms with E-state index < -0.39 is 0 Å². The van der Waals surface area contributed by atoms with Crippen LogP contribution in [0, 0.1) is 18.3 Å². The fourth-order valence-corrected chi connectivity index (χ4v) is 3.17. The van der Waals surface area contributed by atoms with Crippen molar-refractivity contribution in [2.45, 2.75) is 11.9 Å². The Morgan fingerprint density at radius 2 is 1.96 bits per heavy atom. The van der Waals surface area contributed by atoms with Crippen LogP contribution in [0.1, 0.15) is 21.5 Å². The molecule has 3 aromatic rings. The van der Waals surface area contributed by atoms with Gasteiger partial charge in [-0.25, -0.2) is 4.98 Å². The number of aryl methyl sites for hydroxylation is 1. The zero-order valence-corrected chi connectivity index (χ0v) is 13.4. The van der Waals surface area contributed by atoms with Crippen LogP contribution in [-0.2, 0) is 0 Å². The summed E-state index contributed by atoms with van der Waals surface area (Å²) in [6.07, 6.45) is 0. The van der Waals surface area contributed by atoms with E-state index in [-0.39, 0.29) is 11.5 Å². The normalized spacial score (nSPS) is 10.4. The van der Waals surface area contributed by atoms with Gasteiger partial charge in [-0.2, -0.15) is 5.26 Å². The molecule has 112 valence electrons. The van der Waals surface area contributed by atoms with Crippen molar-refractivity contribution in [2.24, 2.45) is 0 Å². The van der Waals surface area contributed by atoms with Crippen molar-refractivity contribution >= 4 is 28.4 Å². The standard InChI is InChI=1S/C19H14N2OS/c1-13-7-8-17-15(9-13)10-16(11-20)19(21-17)23-12-18(22)14-5-3-2-4-6-14/h2-10H,12H2,1H3. The summed E-state index contributed by atoms with van der Waals surface area (Å²) in [5, 5.41) is 10.9. The van der Waals surface area contributed by atoms with Crippen LogP contribution in [0.25, 0.3) is 10.9 Å². The first-order chi connectivity index (χ1) is 11.2. The summed E-state index contributed by atoms with van der Waals surface area (Å²) < 4.78 is 0. The van der Waals surface area contributed by atoms with Crippen LogP contribution in [-0.4, -0.2) is 16.5 Å². The lowest BCUT2D eigenvalue weighted by molar-refractivity contribution is 0.102. The Balaban J connectivity index is 1.86. The lowest BCUT2D eigenvalue weighted by atomic mass is 10.1. The average molecular weight is 318 g/mol. The molecule has 3 rings (SSSR count). The summed E-state index contributed by atoms with van der Waals surface area (Å²) in [6.45, 7) is 2.01. The number of pyridine rings is 1. The van der Waals surface area contributed by atoms with Crippen molar-refractivity contribution in [3.63, 3.8) is 0 Å². The minimum Gasteiger partial charge on any atom is -0.293 e. The van der Waals surface area contributed by atoms with Crippen molar-refractivity contribution in [3.8, 4) is 6.07 Å². The lowest BCUT2D eigenvalue weighted by Gasteiger charge is -2.06. The number of hydrogen-bond donors (Lipinski definition) is 0. The molecule has 0 fully saturated rings. The topological polar surface area (TPSA) is 53.8 Å². The van der Waals surface area contributed by atoms with E-state index in [0.29, 0.717) is 16.2 Å². The van der Waals surface area contributed by atoms with Crippen LogP contribution in [0.2, 0.25) is 0 Å². The molecule has 3 nitrogen and oxygen atoms in total. The second-order valence-corrected chi connectivity index (χ2v) is 6.19. The summed E-state index contributed by atoms with van der Waals surface area (Å²) in [6, 6.07) is 19.1. The van der Waals surface area contributed by atoms with Crippen LogP contribution in [0.3, 0.4) is 0 Å². The molecule has 0 saturated heterocycles. The van der Waals surface area contributed by atoms with Gasteiger partial charge in [0, 0.05) is 10.9 Å². The van der Waals surface area contributed by atoms with Crippen molar-refractivity contribution in [1.29, 1.82) is 5.26 Å². The number of ketones is 1. The van der Waals surface area contributed by atoms with Crippen molar-refractivity contribution in [1.82, 2.24) is 4.98 Å². The number of carbonyl (C=O) groups is 1. The molecular weight excluding hydrogens is 304 g/mol. The van der Waals surface area contributed by atoms with Gasteiger partial charge >= 0.3 is 0 Å². The Labute approximate surface area is 139 Å². The van der Waals surface area contributed by atoms with Gasteiger partial charge in [0.2, 0.25) is 0 Å². The Morgan fingerprint density at radius 3 is 2.70 bits per heavy atom. The van der Waals surface area contributed by atoms with Gasteiger partial charge in [0.1, 0.15) is 11.1 Å². The van der Waals surface area contributed by atoms with Crippen molar-refractivity contribution < 1.29 is 4.79 Å². The molecule has 0 aliphatic heterocycles. The smallest absolute Gasteiger partial charge is 0.173 e. The van der Waals surface area contributed by atoms with Crippen LogP contribution in [0.5, 0.6) is 0 Å². The zero-order valence-electron chi connectivity index (χ0n) is 12.6. The van der Waals surface area contributed by atoms with Crippen LogP contribution in [0.15, 0.2) is 59.6 Å². The summed E-state index contributed by atoms with van der Waals surface area (Å²) in [7, 11) is 0. The number of carbonyl (C=O) groups excluding carboxylic acids is 1. The number of nitriles is 1. The maximum Gasteiger partial charge on any atom is 0.173 e. The lowest BCUT2D eigenvalue weighted by Crippen LogP contribution is -2.02. The number of thioether (sulfide) groups is 1. The van der Waals surface area contributed by atoms with Gasteiger partial charge in [0.15, 0.2) is 5.78 Å². The number of fused-ring (bicyclic) bond motifs is 1. The van der Waals surface area contributed by atoms with E-state index in [2.05, 4.69) is 11.1 Å². The second kappa shape index (κ2) is 6.64. The Bertz CT molecular complexity index is 914. The number of nitrogens with zero attached hydrogens (tertiary/aromatic N) is 2. The summed E-state index contributed by atoms with van der Waals surface area (Å²) in [5.41, 5.74) is 3.15. The molecule has 0 atom stereocenters. The fourth-order valence-electron chi connectivity index (χ4n) is 2.31. The van der Waals surface area contributed by atoms with E-state index in [9.17, 15) is 10.1 Å². The Kier molecular flexibility index (Phi) is 4.40. The molecule has 0 aliphatic carbocycles. The van der Waals surface area contributed by atoms with Crippen LogP contribution in [0.4, 0.5) is 0 Å². The molecule has 23 heavy (non-hydrogen) atoms. The molecule has 2 aromatic carbocycles. The average Bonchev–Trinajstić information content (AvgIpc) is 2.59. The first-order valence-corrected chi connectivity index (χ1v) is 8.18. The predicted molar refractivity (Wildman–Crippen MR) is 92.7 cm³/mol. The molecule has 0 spiro atoms. The molecule has 0 N–H and O–H groups in total. The van der Waals surface area contributed by atoms with Crippen LogP contribution < -0.4 is 0 Å². The molecule has 1 aromatic heterocycles. The SMILES string of the molecule is Cc1ccc2nc(SCC(=O)c3ccccc3)c(C#N)cc2c1. The highest BCUT2D eigenvalue weighted by Gasteiger charge is 2.11. The highest BCUT2D eigenvalue weighted by molar-refractivity contribution is 8.00. The molecule has 4 heteroatoms. The number of rotatable bonds is 4. The quantitative estimate of drug-likeness (QED) is 0.529. The van der Waals surface area contributed by atoms with Gasteiger partial charge < -0.3 is 0 Å². The molecule has 0 saturated carbocycles. The molecule has 0 aliphatic rings. The fraction of sp³-hybridized carbons (Fsp3) is 0.105. The van der Waals surface area contributed by atoms with E-state index >= 15 is 0 Å². The van der Waals surface area contributed by atoms with Gasteiger partial charge in [-0.15, -0.1) is 0 Å². The van der Waals surface area contributed by atoms with Crippen LogP contribution >= 0.6 is 11.8 Å². The Hall–Kier alpha value is -2.64. The predicted octanol–water partition coefficient (Wildman–Crippen LogP) is 4.39. The first-order valence-electron chi connectivity index (χ1n) is 7.20.